The standard InChI is InChI=1S/C22H23N3O2S/c1-14-6-5-8-16(12-14)23-22-25(17-10-11-17)21(27)19(28-22)13-20(26)24-18-9-4-3-7-15(18)2/h3-9,12,17,19H,10-11,13H2,1-2H3,(H,24,26)/t19-/m0/s1. The SMILES string of the molecule is Cc1cccc(N=C2S[C@@H](CC(=O)Nc3ccccc3C)C(=O)N2C2CC2)c1. The fraction of sp³-hybridized carbons (Fsp3) is 0.318. The molecule has 2 aliphatic rings. The number of carbonyl (C=O) groups is 2. The number of carbonyl (C=O) groups excluding carboxylic acids is 2. The van der Waals surface area contributed by atoms with E-state index in [-0.39, 0.29) is 24.3 Å². The summed E-state index contributed by atoms with van der Waals surface area (Å²) in [5, 5.41) is 3.22. The molecule has 2 amide bonds. The summed E-state index contributed by atoms with van der Waals surface area (Å²) in [4.78, 5) is 32.0. The number of benzene rings is 2. The minimum absolute atomic E-state index is 0.00108. The normalized spacial score (nSPS) is 20.6. The molecule has 1 heterocycles. The van der Waals surface area contributed by atoms with Crippen LogP contribution in [0.25, 0.3) is 0 Å². The third-order valence-electron chi connectivity index (χ3n) is 4.89. The molecule has 0 bridgehead atoms. The van der Waals surface area contributed by atoms with Crippen LogP contribution >= 0.6 is 11.8 Å². The maximum atomic E-state index is 13.0. The van der Waals surface area contributed by atoms with Gasteiger partial charge < -0.3 is 5.32 Å². The zero-order valence-electron chi connectivity index (χ0n) is 16.0. The number of aliphatic imine (C=N–C) groups is 1. The number of hydrogen-bond acceptors (Lipinski definition) is 4. The van der Waals surface area contributed by atoms with Gasteiger partial charge in [-0.15, -0.1) is 0 Å². The second kappa shape index (κ2) is 7.80. The predicted octanol–water partition coefficient (Wildman–Crippen LogP) is 4.43. The largest absolute Gasteiger partial charge is 0.326 e. The molecule has 1 saturated carbocycles. The number of nitrogens with zero attached hydrogens (tertiary/aromatic N) is 2. The van der Waals surface area contributed by atoms with Gasteiger partial charge in [0.1, 0.15) is 5.25 Å². The predicted molar refractivity (Wildman–Crippen MR) is 114 cm³/mol. The first kappa shape index (κ1) is 18.7. The van der Waals surface area contributed by atoms with Gasteiger partial charge in [-0.05, 0) is 56.0 Å². The fourth-order valence-corrected chi connectivity index (χ4v) is 4.47. The number of aryl methyl sites for hydroxylation is 2. The van der Waals surface area contributed by atoms with Crippen molar-refractivity contribution in [1.82, 2.24) is 4.90 Å². The summed E-state index contributed by atoms with van der Waals surface area (Å²) in [6.45, 7) is 3.97. The Morgan fingerprint density at radius 1 is 1.18 bits per heavy atom. The maximum absolute atomic E-state index is 13.0. The van der Waals surface area contributed by atoms with E-state index in [9.17, 15) is 9.59 Å². The zero-order valence-corrected chi connectivity index (χ0v) is 16.8. The molecule has 0 spiro atoms. The van der Waals surface area contributed by atoms with E-state index in [2.05, 4.69) is 5.32 Å². The molecular formula is C22H23N3O2S. The molecule has 2 aromatic carbocycles. The highest BCUT2D eigenvalue weighted by Gasteiger charge is 2.46. The molecule has 5 nitrogen and oxygen atoms in total. The second-order valence-electron chi connectivity index (χ2n) is 7.35. The molecule has 0 unspecified atom stereocenters. The Balaban J connectivity index is 1.50. The van der Waals surface area contributed by atoms with E-state index < -0.39 is 5.25 Å². The van der Waals surface area contributed by atoms with E-state index in [1.54, 1.807) is 4.90 Å². The molecule has 1 aliphatic carbocycles. The molecule has 28 heavy (non-hydrogen) atoms. The molecule has 1 N–H and O–H groups in total. The summed E-state index contributed by atoms with van der Waals surface area (Å²) >= 11 is 1.40. The molecule has 0 aromatic heterocycles. The van der Waals surface area contributed by atoms with Crippen molar-refractivity contribution in [3.8, 4) is 0 Å². The highest BCUT2D eigenvalue weighted by Crippen LogP contribution is 2.39. The molecule has 6 heteroatoms. The number of amides is 2. The Morgan fingerprint density at radius 2 is 1.96 bits per heavy atom. The fourth-order valence-electron chi connectivity index (χ4n) is 3.25. The van der Waals surface area contributed by atoms with E-state index in [0.29, 0.717) is 5.17 Å². The van der Waals surface area contributed by atoms with Crippen LogP contribution in [0, 0.1) is 13.8 Å². The van der Waals surface area contributed by atoms with Gasteiger partial charge in [-0.1, -0.05) is 42.1 Å². The van der Waals surface area contributed by atoms with Crippen molar-refractivity contribution in [2.45, 2.75) is 44.4 Å². The summed E-state index contributed by atoms with van der Waals surface area (Å²) < 4.78 is 0. The van der Waals surface area contributed by atoms with Gasteiger partial charge in [0, 0.05) is 18.2 Å². The first-order chi connectivity index (χ1) is 13.5. The molecule has 1 aliphatic heterocycles. The number of thioether (sulfide) groups is 1. The molecule has 2 aromatic rings. The Kier molecular flexibility index (Phi) is 5.22. The average Bonchev–Trinajstić information content (AvgIpc) is 3.43. The van der Waals surface area contributed by atoms with Crippen LogP contribution in [0.4, 0.5) is 11.4 Å². The van der Waals surface area contributed by atoms with Gasteiger partial charge >= 0.3 is 0 Å². The van der Waals surface area contributed by atoms with Crippen molar-refractivity contribution in [1.29, 1.82) is 0 Å². The maximum Gasteiger partial charge on any atom is 0.242 e. The highest BCUT2D eigenvalue weighted by atomic mass is 32.2. The first-order valence-electron chi connectivity index (χ1n) is 9.52. The first-order valence-corrected chi connectivity index (χ1v) is 10.4. The number of para-hydroxylation sites is 1. The van der Waals surface area contributed by atoms with E-state index in [1.165, 1.54) is 11.8 Å². The number of amidine groups is 1. The van der Waals surface area contributed by atoms with Gasteiger partial charge in [0.15, 0.2) is 5.17 Å². The van der Waals surface area contributed by atoms with Gasteiger partial charge in [-0.25, -0.2) is 4.99 Å². The Labute approximate surface area is 169 Å². The lowest BCUT2D eigenvalue weighted by Gasteiger charge is -2.15. The summed E-state index contributed by atoms with van der Waals surface area (Å²) in [6.07, 6.45) is 2.15. The minimum Gasteiger partial charge on any atom is -0.326 e. The lowest BCUT2D eigenvalue weighted by atomic mass is 10.2. The average molecular weight is 394 g/mol. The van der Waals surface area contributed by atoms with Crippen molar-refractivity contribution in [2.24, 2.45) is 4.99 Å². The van der Waals surface area contributed by atoms with Crippen molar-refractivity contribution in [2.75, 3.05) is 5.32 Å². The lowest BCUT2D eigenvalue weighted by molar-refractivity contribution is -0.128. The van der Waals surface area contributed by atoms with Crippen LogP contribution in [0.1, 0.15) is 30.4 Å². The minimum atomic E-state index is -0.423. The smallest absolute Gasteiger partial charge is 0.242 e. The van der Waals surface area contributed by atoms with E-state index >= 15 is 0 Å². The quantitative estimate of drug-likeness (QED) is 0.818. The van der Waals surface area contributed by atoms with E-state index in [4.69, 9.17) is 4.99 Å². The van der Waals surface area contributed by atoms with E-state index in [0.717, 1.165) is 35.3 Å². The number of hydrogen-bond donors (Lipinski definition) is 1. The molecule has 0 radical (unpaired) electrons. The summed E-state index contributed by atoms with van der Waals surface area (Å²) in [5.41, 5.74) is 3.76. The Morgan fingerprint density at radius 3 is 2.68 bits per heavy atom. The van der Waals surface area contributed by atoms with Gasteiger partial charge in [0.05, 0.1) is 5.69 Å². The van der Waals surface area contributed by atoms with Gasteiger partial charge in [-0.2, -0.15) is 0 Å². The number of nitrogens with one attached hydrogen (secondary N) is 1. The molecular weight excluding hydrogens is 370 g/mol. The third kappa shape index (κ3) is 4.12. The molecule has 1 saturated heterocycles. The van der Waals surface area contributed by atoms with Crippen LogP contribution in [0.2, 0.25) is 0 Å². The molecule has 144 valence electrons. The topological polar surface area (TPSA) is 61.8 Å². The summed E-state index contributed by atoms with van der Waals surface area (Å²) in [6, 6.07) is 15.8. The van der Waals surface area contributed by atoms with Crippen LogP contribution in [0.15, 0.2) is 53.5 Å². The summed E-state index contributed by atoms with van der Waals surface area (Å²) in [7, 11) is 0. The van der Waals surface area contributed by atoms with Gasteiger partial charge in [0.2, 0.25) is 11.8 Å². The monoisotopic (exact) mass is 393 g/mol. The third-order valence-corrected chi connectivity index (χ3v) is 6.05. The van der Waals surface area contributed by atoms with Crippen LogP contribution in [0.5, 0.6) is 0 Å². The van der Waals surface area contributed by atoms with Crippen LogP contribution < -0.4 is 5.32 Å². The van der Waals surface area contributed by atoms with Gasteiger partial charge in [0.25, 0.3) is 0 Å². The van der Waals surface area contributed by atoms with Crippen LogP contribution in [0.3, 0.4) is 0 Å². The van der Waals surface area contributed by atoms with E-state index in [1.807, 2.05) is 62.4 Å². The number of rotatable bonds is 5. The lowest BCUT2D eigenvalue weighted by Crippen LogP contribution is -2.35. The van der Waals surface area contributed by atoms with Crippen molar-refractivity contribution in [3.63, 3.8) is 0 Å². The van der Waals surface area contributed by atoms with Crippen molar-refractivity contribution in [3.05, 3.63) is 59.7 Å². The molecule has 1 atom stereocenters. The zero-order chi connectivity index (χ0) is 19.7. The Hall–Kier alpha value is -2.60. The summed E-state index contributed by atoms with van der Waals surface area (Å²) in [5.74, 6) is -0.147. The number of anilines is 1. The van der Waals surface area contributed by atoms with Crippen molar-refractivity contribution < 1.29 is 9.59 Å². The molecule has 4 rings (SSSR count). The van der Waals surface area contributed by atoms with Crippen LogP contribution in [-0.2, 0) is 9.59 Å². The van der Waals surface area contributed by atoms with Crippen molar-refractivity contribution >= 4 is 40.1 Å². The Bertz CT molecular complexity index is 952. The molecule has 2 fully saturated rings. The van der Waals surface area contributed by atoms with Gasteiger partial charge in [-0.3, -0.25) is 14.5 Å². The van der Waals surface area contributed by atoms with Crippen LogP contribution in [-0.4, -0.2) is 33.2 Å². The highest BCUT2D eigenvalue weighted by molar-refractivity contribution is 8.15. The second-order valence-corrected chi connectivity index (χ2v) is 8.52.